The molecule has 7 heteroatoms. The molecular weight excluding hydrogens is 396 g/mol. The van der Waals surface area contributed by atoms with Crippen LogP contribution >= 0.6 is 11.3 Å². The molecule has 0 radical (unpaired) electrons. The summed E-state index contributed by atoms with van der Waals surface area (Å²) in [5.41, 5.74) is 2.37. The molecular formula is C23H25N4O2S+. The molecule has 154 valence electrons. The van der Waals surface area contributed by atoms with E-state index in [-0.39, 0.29) is 11.9 Å². The zero-order chi connectivity index (χ0) is 20.9. The second-order valence-electron chi connectivity index (χ2n) is 7.37. The van der Waals surface area contributed by atoms with E-state index in [1.165, 1.54) is 9.78 Å². The van der Waals surface area contributed by atoms with Crippen LogP contribution in [0, 0.1) is 0 Å². The number of nitrogens with one attached hydrogen (secondary N) is 2. The number of imidazole rings is 1. The van der Waals surface area contributed by atoms with Crippen molar-refractivity contribution in [3.8, 4) is 5.75 Å². The number of quaternary nitrogens is 1. The Bertz CT molecular complexity index is 1070. The summed E-state index contributed by atoms with van der Waals surface area (Å²) < 4.78 is 7.79. The van der Waals surface area contributed by atoms with Crippen LogP contribution in [0.3, 0.4) is 0 Å². The van der Waals surface area contributed by atoms with Crippen LogP contribution < -0.4 is 15.0 Å². The van der Waals surface area contributed by atoms with Gasteiger partial charge in [-0.05, 0) is 47.8 Å². The normalized spacial score (nSPS) is 12.2. The van der Waals surface area contributed by atoms with Crippen LogP contribution in [0.15, 0.2) is 72.4 Å². The highest BCUT2D eigenvalue weighted by Gasteiger charge is 2.20. The molecule has 0 unspecified atom stereocenters. The number of amides is 1. The second-order valence-corrected chi connectivity index (χ2v) is 8.35. The lowest BCUT2D eigenvalue weighted by Crippen LogP contribution is -3.06. The number of hydrogen-bond acceptors (Lipinski definition) is 4. The molecule has 3 aromatic heterocycles. The Balaban J connectivity index is 1.32. The van der Waals surface area contributed by atoms with E-state index in [0.717, 1.165) is 11.3 Å². The van der Waals surface area contributed by atoms with Crippen molar-refractivity contribution in [3.05, 3.63) is 88.5 Å². The summed E-state index contributed by atoms with van der Waals surface area (Å²) in [5.74, 6) is 0.627. The lowest BCUT2D eigenvalue weighted by Gasteiger charge is -2.20. The van der Waals surface area contributed by atoms with Crippen LogP contribution in [-0.2, 0) is 6.61 Å². The van der Waals surface area contributed by atoms with Gasteiger partial charge in [0.2, 0.25) is 0 Å². The Kier molecular flexibility index (Phi) is 6.11. The number of carbonyl (C=O) groups is 1. The quantitative estimate of drug-likeness (QED) is 0.460. The number of pyridine rings is 1. The van der Waals surface area contributed by atoms with Gasteiger partial charge in [0.05, 0.1) is 31.2 Å². The van der Waals surface area contributed by atoms with Gasteiger partial charge in [0, 0.05) is 18.0 Å². The molecule has 0 saturated heterocycles. The Morgan fingerprint density at radius 3 is 2.70 bits per heavy atom. The van der Waals surface area contributed by atoms with Crippen molar-refractivity contribution in [2.45, 2.75) is 12.6 Å². The summed E-state index contributed by atoms with van der Waals surface area (Å²) in [7, 11) is 4.21. The minimum atomic E-state index is -0.0790. The predicted octanol–water partition coefficient (Wildman–Crippen LogP) is 2.59. The highest BCUT2D eigenvalue weighted by Crippen LogP contribution is 2.17. The summed E-state index contributed by atoms with van der Waals surface area (Å²) in [6.45, 7) is 0.967. The van der Waals surface area contributed by atoms with Gasteiger partial charge >= 0.3 is 0 Å². The smallest absolute Gasteiger partial charge is 0.251 e. The molecule has 3 heterocycles. The van der Waals surface area contributed by atoms with Crippen LogP contribution in [0.25, 0.3) is 5.65 Å². The number of hydrogen-bond donors (Lipinski definition) is 2. The van der Waals surface area contributed by atoms with Crippen molar-refractivity contribution in [1.82, 2.24) is 14.7 Å². The molecule has 0 bridgehead atoms. The van der Waals surface area contributed by atoms with Crippen molar-refractivity contribution < 1.29 is 14.4 Å². The first-order chi connectivity index (χ1) is 14.6. The topological polar surface area (TPSA) is 60.1 Å². The number of aromatic nitrogens is 2. The van der Waals surface area contributed by atoms with E-state index in [0.29, 0.717) is 24.5 Å². The fourth-order valence-corrected chi connectivity index (χ4v) is 4.25. The zero-order valence-corrected chi connectivity index (χ0v) is 17.9. The molecule has 1 atom stereocenters. The fraction of sp³-hybridized carbons (Fsp3) is 0.217. The molecule has 0 aliphatic heterocycles. The van der Waals surface area contributed by atoms with Gasteiger partial charge in [-0.2, -0.15) is 0 Å². The summed E-state index contributed by atoms with van der Waals surface area (Å²) in [6.07, 6.45) is 3.91. The maximum atomic E-state index is 12.6. The van der Waals surface area contributed by atoms with Crippen molar-refractivity contribution in [3.63, 3.8) is 0 Å². The average molecular weight is 422 g/mol. The second kappa shape index (κ2) is 9.11. The highest BCUT2D eigenvalue weighted by atomic mass is 32.1. The molecule has 1 amide bonds. The van der Waals surface area contributed by atoms with Crippen LogP contribution in [0.2, 0.25) is 0 Å². The van der Waals surface area contributed by atoms with Gasteiger partial charge in [0.25, 0.3) is 5.91 Å². The third-order valence-electron chi connectivity index (χ3n) is 4.97. The Morgan fingerprint density at radius 1 is 1.17 bits per heavy atom. The summed E-state index contributed by atoms with van der Waals surface area (Å²) in [4.78, 5) is 19.6. The molecule has 0 aliphatic carbocycles. The van der Waals surface area contributed by atoms with E-state index in [9.17, 15) is 4.79 Å². The van der Waals surface area contributed by atoms with E-state index in [2.05, 4.69) is 35.8 Å². The fourth-order valence-electron chi connectivity index (χ4n) is 3.29. The van der Waals surface area contributed by atoms with Gasteiger partial charge in [-0.1, -0.05) is 12.1 Å². The van der Waals surface area contributed by atoms with Gasteiger partial charge in [-0.25, -0.2) is 4.98 Å². The van der Waals surface area contributed by atoms with Crippen molar-refractivity contribution in [1.29, 1.82) is 0 Å². The van der Waals surface area contributed by atoms with Gasteiger partial charge in [0.15, 0.2) is 0 Å². The Hall–Kier alpha value is -3.16. The number of carbonyl (C=O) groups excluding carboxylic acids is 1. The van der Waals surface area contributed by atoms with Gasteiger partial charge in [-0.15, -0.1) is 11.3 Å². The van der Waals surface area contributed by atoms with Crippen LogP contribution in [0.1, 0.15) is 27.0 Å². The first kappa shape index (κ1) is 20.1. The summed E-state index contributed by atoms with van der Waals surface area (Å²) in [5, 5.41) is 5.12. The van der Waals surface area contributed by atoms with Gasteiger partial charge in [-0.3, -0.25) is 4.79 Å². The number of rotatable bonds is 8. The molecule has 0 aliphatic rings. The standard InChI is InChI=1S/C23H24N4O2S/c1-26(2)20(21-6-5-13-30-21)14-24-23(28)17-8-10-19(11-9-17)29-16-18-15-27-12-4-3-7-22(27)25-18/h3-13,15,20H,14,16H2,1-2H3,(H,24,28)/p+1/t20-/m1/s1. The molecule has 2 N–H and O–H groups in total. The number of nitrogens with zero attached hydrogens (tertiary/aromatic N) is 2. The number of fused-ring (bicyclic) bond motifs is 1. The van der Waals surface area contributed by atoms with Crippen molar-refractivity contribution in [2.24, 2.45) is 0 Å². The minimum Gasteiger partial charge on any atom is -0.487 e. The number of thiophene rings is 1. The molecule has 4 aromatic rings. The van der Waals surface area contributed by atoms with E-state index in [1.54, 1.807) is 23.5 Å². The number of benzene rings is 1. The lowest BCUT2D eigenvalue weighted by molar-refractivity contribution is -0.890. The van der Waals surface area contributed by atoms with Gasteiger partial charge < -0.3 is 19.4 Å². The highest BCUT2D eigenvalue weighted by molar-refractivity contribution is 7.10. The van der Waals surface area contributed by atoms with E-state index in [1.807, 2.05) is 53.2 Å². The summed E-state index contributed by atoms with van der Waals surface area (Å²) in [6, 6.07) is 17.5. The molecule has 6 nitrogen and oxygen atoms in total. The van der Waals surface area contributed by atoms with Crippen LogP contribution in [0.4, 0.5) is 0 Å². The molecule has 0 fully saturated rings. The molecule has 0 saturated carbocycles. The summed E-state index contributed by atoms with van der Waals surface area (Å²) >= 11 is 1.72. The molecule has 30 heavy (non-hydrogen) atoms. The average Bonchev–Trinajstić information content (AvgIpc) is 3.42. The minimum absolute atomic E-state index is 0.0790. The third kappa shape index (κ3) is 4.69. The van der Waals surface area contributed by atoms with E-state index in [4.69, 9.17) is 4.74 Å². The van der Waals surface area contributed by atoms with Crippen LogP contribution in [-0.4, -0.2) is 35.9 Å². The lowest BCUT2D eigenvalue weighted by atomic mass is 10.2. The predicted molar refractivity (Wildman–Crippen MR) is 118 cm³/mol. The van der Waals surface area contributed by atoms with Gasteiger partial charge in [0.1, 0.15) is 24.0 Å². The maximum absolute atomic E-state index is 12.6. The van der Waals surface area contributed by atoms with Crippen molar-refractivity contribution >= 4 is 22.9 Å². The molecule has 1 aromatic carbocycles. The first-order valence-corrected chi connectivity index (χ1v) is 10.8. The SMILES string of the molecule is C[NH+](C)[C@H](CNC(=O)c1ccc(OCc2cn3ccccc3n2)cc1)c1cccs1. The molecule has 0 spiro atoms. The molecule has 4 rings (SSSR count). The maximum Gasteiger partial charge on any atom is 0.251 e. The van der Waals surface area contributed by atoms with Crippen molar-refractivity contribution in [2.75, 3.05) is 20.6 Å². The largest absolute Gasteiger partial charge is 0.487 e. The first-order valence-electron chi connectivity index (χ1n) is 9.87. The monoisotopic (exact) mass is 421 g/mol. The number of ether oxygens (including phenoxy) is 1. The van der Waals surface area contributed by atoms with E-state index >= 15 is 0 Å². The Morgan fingerprint density at radius 2 is 2.00 bits per heavy atom. The zero-order valence-electron chi connectivity index (χ0n) is 17.0. The number of likely N-dealkylation sites (N-methyl/N-ethyl adjacent to an activating group) is 1. The Labute approximate surface area is 179 Å². The third-order valence-corrected chi connectivity index (χ3v) is 5.95. The van der Waals surface area contributed by atoms with E-state index < -0.39 is 0 Å². The van der Waals surface area contributed by atoms with Crippen LogP contribution in [0.5, 0.6) is 5.75 Å².